The summed E-state index contributed by atoms with van der Waals surface area (Å²) in [5.41, 5.74) is 0. The molecule has 0 bridgehead atoms. The molecule has 0 heterocycles. The van der Waals surface area contributed by atoms with E-state index in [4.69, 9.17) is 0 Å². The van der Waals surface area contributed by atoms with Gasteiger partial charge < -0.3 is 4.74 Å². The molecular formula is C43H37ClOP2Pd. The predicted octanol–water partition coefficient (Wildman–Crippen LogP) is 9.43. The molecule has 0 aliphatic heterocycles. The number of halogens is 1. The molecular weight excluding hydrogens is 736 g/mol. The average Bonchev–Trinajstić information content (AvgIpc) is 3.19. The first kappa shape index (κ1) is 37.0. The molecule has 0 amide bonds. The summed E-state index contributed by atoms with van der Waals surface area (Å²) >= 11 is 2.22. The molecule has 0 saturated heterocycles. The smallest absolute Gasteiger partial charge is 0.0134 e. The first-order chi connectivity index (χ1) is 23.8. The Hall–Kier alpha value is -3.85. The van der Waals surface area contributed by atoms with Crippen LogP contribution in [-0.2, 0) is 18.2 Å². The summed E-state index contributed by atoms with van der Waals surface area (Å²) in [6.45, 7) is 0. The van der Waals surface area contributed by atoms with Gasteiger partial charge in [-0.15, -0.1) is 0 Å². The Bertz CT molecular complexity index is 1490. The topological polar surface area (TPSA) is 9.23 Å². The minimum atomic E-state index is -0.446. The molecule has 0 N–H and O–H groups in total. The van der Waals surface area contributed by atoms with E-state index < -0.39 is 15.8 Å². The fourth-order valence-corrected chi connectivity index (χ4v) is 9.48. The van der Waals surface area contributed by atoms with Gasteiger partial charge in [0.1, 0.15) is 0 Å². The largest absolute Gasteiger partial charge is 0.0622 e. The Morgan fingerprint density at radius 3 is 0.625 bits per heavy atom. The zero-order valence-electron chi connectivity index (χ0n) is 26.4. The van der Waals surface area contributed by atoms with Gasteiger partial charge >= 0.3 is 27.7 Å². The summed E-state index contributed by atoms with van der Waals surface area (Å²) in [4.78, 5) is 0. The Kier molecular flexibility index (Phi) is 16.9. The van der Waals surface area contributed by atoms with E-state index in [0.717, 1.165) is 5.75 Å². The molecule has 0 aliphatic carbocycles. The number of hydrogen-bond acceptors (Lipinski definition) is 1. The van der Waals surface area contributed by atoms with E-state index in [1.807, 2.05) is 30.3 Å². The molecule has 0 aliphatic rings. The summed E-state index contributed by atoms with van der Waals surface area (Å²) in [6, 6.07) is 74.1. The quantitative estimate of drug-likeness (QED) is 0.0892. The Balaban J connectivity index is 0.000000170. The van der Waals surface area contributed by atoms with Crippen LogP contribution < -0.4 is 36.6 Å². The van der Waals surface area contributed by atoms with Crippen LogP contribution in [0.5, 0.6) is 5.75 Å². The van der Waals surface area contributed by atoms with E-state index in [-0.39, 0.29) is 0 Å². The van der Waals surface area contributed by atoms with Gasteiger partial charge in [-0.1, -0.05) is 200 Å². The molecule has 0 radical (unpaired) electrons. The Morgan fingerprint density at radius 1 is 0.312 bits per heavy atom. The third-order valence-electron chi connectivity index (χ3n) is 7.00. The first-order valence-electron chi connectivity index (χ1n) is 15.3. The van der Waals surface area contributed by atoms with Crippen molar-refractivity contribution in [1.82, 2.24) is 0 Å². The fraction of sp³-hybridized carbons (Fsp3) is 0. The molecule has 0 fully saturated rings. The number of benzene rings is 7. The molecule has 0 atom stereocenters. The van der Waals surface area contributed by atoms with Crippen molar-refractivity contribution in [2.75, 3.05) is 0 Å². The van der Waals surface area contributed by atoms with Gasteiger partial charge in [0, 0.05) is 0 Å². The van der Waals surface area contributed by atoms with Gasteiger partial charge in [-0.3, -0.25) is 0 Å². The van der Waals surface area contributed by atoms with Crippen LogP contribution in [0.4, 0.5) is 0 Å². The van der Waals surface area contributed by atoms with Crippen molar-refractivity contribution < 1.29 is 22.9 Å². The zero-order chi connectivity index (χ0) is 33.7. The summed E-state index contributed by atoms with van der Waals surface area (Å²) in [6.07, 6.45) is 0. The third kappa shape index (κ3) is 11.7. The molecule has 7 aromatic rings. The minimum Gasteiger partial charge on any atom is -0.0622 e. The SMILES string of the molecule is [CH2-]Oc1ccccc1.[Cl][Pd+].c1ccc(P(c2ccccc2)c2ccccc2)cc1.c1ccc(P(c2ccccc2)c2ccccc2)cc1. The monoisotopic (exact) mass is 772 g/mol. The van der Waals surface area contributed by atoms with Gasteiger partial charge in [0.15, 0.2) is 0 Å². The van der Waals surface area contributed by atoms with Gasteiger partial charge in [0.25, 0.3) is 0 Å². The second-order valence-electron chi connectivity index (χ2n) is 10.1. The number of para-hydroxylation sites is 1. The summed E-state index contributed by atoms with van der Waals surface area (Å²) < 4.78 is 4.66. The van der Waals surface area contributed by atoms with Gasteiger partial charge in [-0.2, -0.15) is 7.11 Å². The molecule has 7 rings (SSSR count). The molecule has 48 heavy (non-hydrogen) atoms. The van der Waals surface area contributed by atoms with Crippen LogP contribution in [0.15, 0.2) is 212 Å². The van der Waals surface area contributed by atoms with Crippen LogP contribution in [0.3, 0.4) is 0 Å². The van der Waals surface area contributed by atoms with E-state index >= 15 is 0 Å². The van der Waals surface area contributed by atoms with Gasteiger partial charge in [0.05, 0.1) is 5.75 Å². The third-order valence-corrected chi connectivity index (χ3v) is 11.9. The van der Waals surface area contributed by atoms with Crippen molar-refractivity contribution in [2.45, 2.75) is 0 Å². The van der Waals surface area contributed by atoms with Crippen LogP contribution in [0.2, 0.25) is 0 Å². The molecule has 242 valence electrons. The minimum absolute atomic E-state index is 0.446. The first-order valence-corrected chi connectivity index (χ1v) is 20.0. The van der Waals surface area contributed by atoms with Gasteiger partial charge in [-0.25, -0.2) is 0 Å². The Morgan fingerprint density at radius 2 is 0.479 bits per heavy atom. The average molecular weight is 774 g/mol. The van der Waals surface area contributed by atoms with Crippen molar-refractivity contribution in [3.05, 3.63) is 219 Å². The second kappa shape index (κ2) is 21.9. The van der Waals surface area contributed by atoms with Crippen molar-refractivity contribution >= 4 is 57.2 Å². The number of rotatable bonds is 7. The summed E-state index contributed by atoms with van der Waals surface area (Å²) in [7, 11) is 6.85. The van der Waals surface area contributed by atoms with Gasteiger partial charge in [0.2, 0.25) is 0 Å². The van der Waals surface area contributed by atoms with Crippen molar-refractivity contribution in [3.63, 3.8) is 0 Å². The van der Waals surface area contributed by atoms with E-state index in [1.54, 1.807) is 0 Å². The number of hydrogen-bond donors (Lipinski definition) is 0. The zero-order valence-corrected chi connectivity index (χ0v) is 30.5. The second-order valence-corrected chi connectivity index (χ2v) is 14.6. The maximum atomic E-state index is 4.66. The molecule has 0 unspecified atom stereocenters. The number of ether oxygens (including phenoxy) is 1. The van der Waals surface area contributed by atoms with E-state index in [1.165, 1.54) is 31.8 Å². The van der Waals surface area contributed by atoms with Crippen LogP contribution in [0, 0.1) is 7.11 Å². The summed E-state index contributed by atoms with van der Waals surface area (Å²) in [5, 5.41) is 8.39. The van der Waals surface area contributed by atoms with E-state index in [2.05, 4.69) is 222 Å². The van der Waals surface area contributed by atoms with Crippen LogP contribution in [0.25, 0.3) is 0 Å². The van der Waals surface area contributed by atoms with Crippen molar-refractivity contribution in [3.8, 4) is 5.75 Å². The maximum absolute atomic E-state index is 4.66. The maximum Gasteiger partial charge on any atom is -0.0134 e. The predicted molar refractivity (Wildman–Crippen MR) is 209 cm³/mol. The van der Waals surface area contributed by atoms with Crippen LogP contribution in [0.1, 0.15) is 0 Å². The Labute approximate surface area is 303 Å². The van der Waals surface area contributed by atoms with E-state index in [9.17, 15) is 0 Å². The molecule has 1 nitrogen and oxygen atoms in total. The van der Waals surface area contributed by atoms with E-state index in [0.29, 0.717) is 0 Å². The molecule has 0 spiro atoms. The van der Waals surface area contributed by atoms with Crippen molar-refractivity contribution in [2.24, 2.45) is 0 Å². The summed E-state index contributed by atoms with van der Waals surface area (Å²) in [5.74, 6) is 0.799. The standard InChI is InChI=1S/2C18H15P.C7H7O.ClH.Pd/c2*1-4-10-16(11-5-1)19(17-12-6-2-7-13-17)18-14-8-3-9-15-18;1-8-7-5-3-2-4-6-7;;/h2*1-15H;2-6H,1H2;1H;/q;;-1;;+2/p-1. The normalized spacial score (nSPS) is 9.96. The van der Waals surface area contributed by atoms with Crippen LogP contribution in [-0.4, -0.2) is 0 Å². The molecule has 0 aromatic heterocycles. The van der Waals surface area contributed by atoms with Crippen LogP contribution >= 0.6 is 25.4 Å². The van der Waals surface area contributed by atoms with Gasteiger partial charge in [-0.05, 0) is 59.8 Å². The van der Waals surface area contributed by atoms with Crippen molar-refractivity contribution in [1.29, 1.82) is 0 Å². The molecule has 7 aromatic carbocycles. The molecule has 5 heteroatoms. The fourth-order valence-electron chi connectivity index (χ4n) is 4.87. The molecule has 0 saturated carbocycles.